The minimum Gasteiger partial charge on any atom is -0.507 e. The van der Waals surface area contributed by atoms with Crippen molar-refractivity contribution in [3.05, 3.63) is 65.0 Å². The normalized spacial score (nSPS) is 16.9. The number of rotatable bonds is 14. The van der Waals surface area contributed by atoms with Gasteiger partial charge in [-0.05, 0) is 80.9 Å². The third-order valence-corrected chi connectivity index (χ3v) is 6.91. The maximum absolute atomic E-state index is 13.5. The number of hydrogen-bond acceptors (Lipinski definition) is 6. The molecular formula is C30H39FN2O5. The summed E-state index contributed by atoms with van der Waals surface area (Å²) in [5.74, 6) is -1.27. The first-order valence-electron chi connectivity index (χ1n) is 13.3. The van der Waals surface area contributed by atoms with Gasteiger partial charge < -0.3 is 24.4 Å². The first-order valence-corrected chi connectivity index (χ1v) is 13.3. The molecule has 0 saturated carbocycles. The molecule has 8 heteroatoms. The van der Waals surface area contributed by atoms with Gasteiger partial charge in [-0.2, -0.15) is 0 Å². The number of hydrogen-bond donors (Lipinski definition) is 1. The molecule has 0 aliphatic carbocycles. The van der Waals surface area contributed by atoms with Gasteiger partial charge in [-0.3, -0.25) is 9.59 Å². The number of benzene rings is 2. The Morgan fingerprint density at radius 2 is 1.53 bits per heavy atom. The Balaban J connectivity index is 1.98. The molecule has 1 aliphatic heterocycles. The van der Waals surface area contributed by atoms with Crippen LogP contribution in [0.3, 0.4) is 0 Å². The van der Waals surface area contributed by atoms with Crippen molar-refractivity contribution in [1.82, 2.24) is 9.80 Å². The van der Waals surface area contributed by atoms with Gasteiger partial charge in [-0.1, -0.05) is 32.8 Å². The van der Waals surface area contributed by atoms with E-state index in [1.807, 2.05) is 0 Å². The van der Waals surface area contributed by atoms with Gasteiger partial charge >= 0.3 is 0 Å². The van der Waals surface area contributed by atoms with E-state index in [0.717, 1.165) is 45.3 Å². The van der Waals surface area contributed by atoms with Gasteiger partial charge in [0.05, 0.1) is 25.8 Å². The fraction of sp³-hybridized carbons (Fsp3) is 0.467. The second kappa shape index (κ2) is 14.0. The number of methoxy groups -OCH3 is 2. The molecule has 0 bridgehead atoms. The van der Waals surface area contributed by atoms with Crippen molar-refractivity contribution in [3.63, 3.8) is 0 Å². The molecule has 1 aliphatic rings. The predicted octanol–water partition coefficient (Wildman–Crippen LogP) is 5.56. The lowest BCUT2D eigenvalue weighted by atomic mass is 9.95. The van der Waals surface area contributed by atoms with Crippen LogP contribution in [0.15, 0.2) is 48.0 Å². The molecule has 0 aromatic heterocycles. The number of ketones is 1. The quantitative estimate of drug-likeness (QED) is 0.197. The van der Waals surface area contributed by atoms with Crippen LogP contribution < -0.4 is 9.47 Å². The summed E-state index contributed by atoms with van der Waals surface area (Å²) in [5.41, 5.74) is 0.849. The topological polar surface area (TPSA) is 79.3 Å². The highest BCUT2D eigenvalue weighted by Crippen LogP contribution is 2.42. The monoisotopic (exact) mass is 526 g/mol. The molecule has 206 valence electrons. The highest BCUT2D eigenvalue weighted by molar-refractivity contribution is 6.46. The third-order valence-electron chi connectivity index (χ3n) is 6.91. The van der Waals surface area contributed by atoms with E-state index in [4.69, 9.17) is 9.47 Å². The van der Waals surface area contributed by atoms with Crippen LogP contribution in [0.1, 0.15) is 63.1 Å². The third kappa shape index (κ3) is 6.72. The average Bonchev–Trinajstić information content (AvgIpc) is 3.18. The van der Waals surface area contributed by atoms with Gasteiger partial charge in [0, 0.05) is 12.1 Å². The Morgan fingerprint density at radius 3 is 2.11 bits per heavy atom. The molecule has 1 atom stereocenters. The largest absolute Gasteiger partial charge is 0.507 e. The molecular weight excluding hydrogens is 487 g/mol. The molecule has 1 unspecified atom stereocenters. The highest BCUT2D eigenvalue weighted by Gasteiger charge is 2.46. The summed E-state index contributed by atoms with van der Waals surface area (Å²) in [5, 5.41) is 11.2. The fourth-order valence-corrected chi connectivity index (χ4v) is 4.81. The smallest absolute Gasteiger partial charge is 0.295 e. The van der Waals surface area contributed by atoms with Crippen molar-refractivity contribution in [2.24, 2.45) is 0 Å². The van der Waals surface area contributed by atoms with E-state index in [9.17, 15) is 19.1 Å². The van der Waals surface area contributed by atoms with E-state index >= 15 is 0 Å². The molecule has 3 rings (SSSR count). The molecule has 1 saturated heterocycles. The van der Waals surface area contributed by atoms with Crippen molar-refractivity contribution < 1.29 is 28.6 Å². The van der Waals surface area contributed by atoms with E-state index < -0.39 is 23.5 Å². The van der Waals surface area contributed by atoms with Gasteiger partial charge in [0.15, 0.2) is 11.5 Å². The summed E-state index contributed by atoms with van der Waals surface area (Å²) in [7, 11) is 3.04. The van der Waals surface area contributed by atoms with Crippen molar-refractivity contribution in [2.45, 2.75) is 52.0 Å². The minimum absolute atomic E-state index is 0.0253. The first-order chi connectivity index (χ1) is 18.4. The van der Waals surface area contributed by atoms with Crippen molar-refractivity contribution >= 4 is 17.4 Å². The van der Waals surface area contributed by atoms with Crippen LogP contribution in [-0.2, 0) is 9.59 Å². The summed E-state index contributed by atoms with van der Waals surface area (Å²) in [6, 6.07) is 9.57. The van der Waals surface area contributed by atoms with Crippen LogP contribution in [-0.4, -0.2) is 67.0 Å². The summed E-state index contributed by atoms with van der Waals surface area (Å²) in [6.07, 6.45) is 5.12. The lowest BCUT2D eigenvalue weighted by Gasteiger charge is -2.28. The molecule has 2 aromatic carbocycles. The molecule has 1 heterocycles. The van der Waals surface area contributed by atoms with E-state index in [1.54, 1.807) is 18.2 Å². The fourth-order valence-electron chi connectivity index (χ4n) is 4.81. The lowest BCUT2D eigenvalue weighted by molar-refractivity contribution is -0.140. The molecule has 1 fully saturated rings. The molecule has 2 aromatic rings. The SMILES string of the molecule is CCCCN(CCCC)CCCN1C(=O)C(=O)C(=C(O)c2ccc(F)cc2)C1c1ccc(OC)c(OC)c1. The lowest BCUT2D eigenvalue weighted by Crippen LogP contribution is -2.34. The summed E-state index contributed by atoms with van der Waals surface area (Å²) in [4.78, 5) is 30.5. The number of likely N-dealkylation sites (tertiary alicyclic amines) is 1. The maximum Gasteiger partial charge on any atom is 0.295 e. The number of Topliss-reactive ketones (excluding diaryl/α,β-unsaturated/α-hetero) is 1. The Bertz CT molecular complexity index is 1120. The van der Waals surface area contributed by atoms with E-state index in [-0.39, 0.29) is 16.9 Å². The Morgan fingerprint density at radius 1 is 0.921 bits per heavy atom. The summed E-state index contributed by atoms with van der Waals surface area (Å²) < 4.78 is 24.4. The number of aliphatic hydroxyl groups excluding tert-OH is 1. The number of ether oxygens (including phenoxy) is 2. The minimum atomic E-state index is -0.820. The van der Waals surface area contributed by atoms with Crippen LogP contribution >= 0.6 is 0 Å². The van der Waals surface area contributed by atoms with Crippen molar-refractivity contribution in [3.8, 4) is 11.5 Å². The Hall–Kier alpha value is -3.39. The number of carbonyl (C=O) groups is 2. The van der Waals surface area contributed by atoms with Gasteiger partial charge in [-0.25, -0.2) is 4.39 Å². The maximum atomic E-state index is 13.5. The first kappa shape index (κ1) is 29.2. The Kier molecular flexibility index (Phi) is 10.7. The zero-order chi connectivity index (χ0) is 27.7. The predicted molar refractivity (Wildman–Crippen MR) is 146 cm³/mol. The number of nitrogens with zero attached hydrogens (tertiary/aromatic N) is 2. The average molecular weight is 527 g/mol. The Labute approximate surface area is 224 Å². The molecule has 1 N–H and O–H groups in total. The van der Waals surface area contributed by atoms with Crippen LogP contribution in [0.4, 0.5) is 4.39 Å². The molecule has 0 spiro atoms. The zero-order valence-electron chi connectivity index (χ0n) is 22.8. The van der Waals surface area contributed by atoms with Crippen LogP contribution in [0.25, 0.3) is 5.76 Å². The zero-order valence-corrected chi connectivity index (χ0v) is 22.8. The standard InChI is InChI=1S/C30H39FN2O5/c1-5-7-16-32(17-8-6-2)18-9-19-33-27(22-12-15-24(37-3)25(20-22)38-4)26(29(35)30(33)36)28(34)21-10-13-23(31)14-11-21/h10-15,20,27,34H,5-9,16-19H2,1-4H3. The van der Waals surface area contributed by atoms with E-state index in [0.29, 0.717) is 30.0 Å². The second-order valence-corrected chi connectivity index (χ2v) is 9.52. The van der Waals surface area contributed by atoms with Crippen molar-refractivity contribution in [1.29, 1.82) is 0 Å². The highest BCUT2D eigenvalue weighted by atomic mass is 19.1. The molecule has 38 heavy (non-hydrogen) atoms. The van der Waals surface area contributed by atoms with Gasteiger partial charge in [0.25, 0.3) is 11.7 Å². The van der Waals surface area contributed by atoms with Crippen LogP contribution in [0.5, 0.6) is 11.5 Å². The number of halogens is 1. The number of carbonyl (C=O) groups excluding carboxylic acids is 2. The van der Waals surface area contributed by atoms with Crippen LogP contribution in [0.2, 0.25) is 0 Å². The van der Waals surface area contributed by atoms with E-state index in [2.05, 4.69) is 18.7 Å². The number of amides is 1. The van der Waals surface area contributed by atoms with E-state index in [1.165, 1.54) is 43.4 Å². The van der Waals surface area contributed by atoms with Gasteiger partial charge in [-0.15, -0.1) is 0 Å². The molecule has 7 nitrogen and oxygen atoms in total. The molecule has 1 amide bonds. The van der Waals surface area contributed by atoms with Gasteiger partial charge in [0.1, 0.15) is 11.6 Å². The van der Waals surface area contributed by atoms with Gasteiger partial charge in [0.2, 0.25) is 0 Å². The van der Waals surface area contributed by atoms with Crippen molar-refractivity contribution in [2.75, 3.05) is 40.4 Å². The summed E-state index contributed by atoms with van der Waals surface area (Å²) in [6.45, 7) is 7.49. The molecule has 0 radical (unpaired) electrons. The summed E-state index contributed by atoms with van der Waals surface area (Å²) >= 11 is 0. The second-order valence-electron chi connectivity index (χ2n) is 9.52. The number of aliphatic hydroxyl groups is 1. The van der Waals surface area contributed by atoms with Crippen LogP contribution in [0, 0.1) is 5.82 Å². The number of unbranched alkanes of at least 4 members (excludes halogenated alkanes) is 2.